The fourth-order valence-corrected chi connectivity index (χ4v) is 2.78. The van der Waals surface area contributed by atoms with Crippen LogP contribution in [0.5, 0.6) is 0 Å². The van der Waals surface area contributed by atoms with Gasteiger partial charge in [-0.1, -0.05) is 0 Å². The highest BCUT2D eigenvalue weighted by molar-refractivity contribution is 9.10. The molecule has 4 nitrogen and oxygen atoms in total. The van der Waals surface area contributed by atoms with Gasteiger partial charge in [-0.2, -0.15) is 0 Å². The molecule has 1 saturated heterocycles. The summed E-state index contributed by atoms with van der Waals surface area (Å²) in [7, 11) is 0. The molecule has 0 unspecified atom stereocenters. The molecule has 20 heavy (non-hydrogen) atoms. The highest BCUT2D eigenvalue weighted by atomic mass is 79.9. The normalized spacial score (nSPS) is 16.2. The van der Waals surface area contributed by atoms with Gasteiger partial charge in [-0.3, -0.25) is 9.59 Å². The predicted molar refractivity (Wildman–Crippen MR) is 75.0 cm³/mol. The van der Waals surface area contributed by atoms with Gasteiger partial charge in [-0.25, -0.2) is 4.39 Å². The molecule has 0 aliphatic carbocycles. The van der Waals surface area contributed by atoms with E-state index in [4.69, 9.17) is 5.11 Å². The van der Waals surface area contributed by atoms with Crippen molar-refractivity contribution in [1.82, 2.24) is 4.90 Å². The summed E-state index contributed by atoms with van der Waals surface area (Å²) in [6.45, 7) is 1.09. The van der Waals surface area contributed by atoms with Crippen molar-refractivity contribution < 1.29 is 19.1 Å². The van der Waals surface area contributed by atoms with E-state index in [0.717, 1.165) is 0 Å². The highest BCUT2D eigenvalue weighted by Crippen LogP contribution is 2.23. The zero-order valence-electron chi connectivity index (χ0n) is 10.8. The molecule has 0 saturated carbocycles. The molecule has 2 rings (SSSR count). The van der Waals surface area contributed by atoms with E-state index < -0.39 is 11.8 Å². The molecule has 0 atom stereocenters. The second kappa shape index (κ2) is 6.35. The zero-order valence-corrected chi connectivity index (χ0v) is 12.4. The molecule has 1 aromatic rings. The third-order valence-electron chi connectivity index (χ3n) is 3.53. The molecule has 108 valence electrons. The summed E-state index contributed by atoms with van der Waals surface area (Å²) < 4.78 is 13.4. The second-order valence-electron chi connectivity index (χ2n) is 4.96. The second-order valence-corrected chi connectivity index (χ2v) is 5.82. The van der Waals surface area contributed by atoms with Crippen molar-refractivity contribution in [2.75, 3.05) is 13.1 Å². The summed E-state index contributed by atoms with van der Waals surface area (Å²) in [4.78, 5) is 24.6. The van der Waals surface area contributed by atoms with Gasteiger partial charge in [0.05, 0.1) is 4.47 Å². The van der Waals surface area contributed by atoms with E-state index in [1.165, 1.54) is 18.2 Å². The van der Waals surface area contributed by atoms with Crippen LogP contribution in [0.15, 0.2) is 22.7 Å². The summed E-state index contributed by atoms with van der Waals surface area (Å²) in [5.41, 5.74) is 0.440. The van der Waals surface area contributed by atoms with Crippen molar-refractivity contribution in [2.45, 2.75) is 19.3 Å². The molecule has 1 aromatic carbocycles. The third-order valence-corrected chi connectivity index (χ3v) is 4.14. The maximum absolute atomic E-state index is 13.1. The Balaban J connectivity index is 1.97. The molecule has 1 aliphatic heterocycles. The summed E-state index contributed by atoms with van der Waals surface area (Å²) >= 11 is 3.06. The summed E-state index contributed by atoms with van der Waals surface area (Å²) in [5, 5.41) is 8.75. The molecular formula is C14H15BrFNO3. The Morgan fingerprint density at radius 1 is 1.35 bits per heavy atom. The van der Waals surface area contributed by atoms with Crippen LogP contribution in [0, 0.1) is 11.7 Å². The first-order valence-corrected chi connectivity index (χ1v) is 7.23. The standard InChI is InChI=1S/C14H15BrFNO3/c15-11-8-10(1-2-12(11)16)14(20)17-5-3-9(4-6-17)7-13(18)19/h1-2,8-9H,3-7H2,(H,18,19). The van der Waals surface area contributed by atoms with Gasteiger partial charge in [0.1, 0.15) is 5.82 Å². The summed E-state index contributed by atoms with van der Waals surface area (Å²) in [5.74, 6) is -1.20. The van der Waals surface area contributed by atoms with Gasteiger partial charge < -0.3 is 10.0 Å². The van der Waals surface area contributed by atoms with Gasteiger partial charge in [0, 0.05) is 25.1 Å². The van der Waals surface area contributed by atoms with E-state index in [2.05, 4.69) is 15.9 Å². The number of hydrogen-bond donors (Lipinski definition) is 1. The molecule has 1 heterocycles. The Bertz CT molecular complexity index is 527. The number of rotatable bonds is 3. The smallest absolute Gasteiger partial charge is 0.303 e. The molecular weight excluding hydrogens is 329 g/mol. The molecule has 1 aliphatic rings. The van der Waals surface area contributed by atoms with Crippen LogP contribution in [-0.4, -0.2) is 35.0 Å². The number of carboxylic acids is 1. The molecule has 1 N–H and O–H groups in total. The van der Waals surface area contributed by atoms with Gasteiger partial charge in [-0.15, -0.1) is 0 Å². The molecule has 0 spiro atoms. The van der Waals surface area contributed by atoms with E-state index >= 15 is 0 Å². The Labute approximate surface area is 124 Å². The van der Waals surface area contributed by atoms with Crippen LogP contribution >= 0.6 is 15.9 Å². The zero-order chi connectivity index (χ0) is 14.7. The van der Waals surface area contributed by atoms with Crippen LogP contribution in [0.1, 0.15) is 29.6 Å². The number of carbonyl (C=O) groups excluding carboxylic acids is 1. The van der Waals surface area contributed by atoms with Crippen LogP contribution < -0.4 is 0 Å². The van der Waals surface area contributed by atoms with Crippen LogP contribution in [0.25, 0.3) is 0 Å². The number of aliphatic carboxylic acids is 1. The number of likely N-dealkylation sites (tertiary alicyclic amines) is 1. The Morgan fingerprint density at radius 2 is 2.00 bits per heavy atom. The van der Waals surface area contributed by atoms with E-state index in [0.29, 0.717) is 31.5 Å². The Hall–Kier alpha value is -1.43. The number of nitrogens with zero attached hydrogens (tertiary/aromatic N) is 1. The minimum Gasteiger partial charge on any atom is -0.481 e. The lowest BCUT2D eigenvalue weighted by molar-refractivity contribution is -0.138. The first-order chi connectivity index (χ1) is 9.47. The monoisotopic (exact) mass is 343 g/mol. The van der Waals surface area contributed by atoms with Crippen molar-refractivity contribution in [1.29, 1.82) is 0 Å². The molecule has 0 radical (unpaired) electrons. The topological polar surface area (TPSA) is 57.6 Å². The van der Waals surface area contributed by atoms with Crippen molar-refractivity contribution in [3.8, 4) is 0 Å². The average Bonchev–Trinajstić information content (AvgIpc) is 2.41. The molecule has 0 bridgehead atoms. The maximum atomic E-state index is 13.1. The van der Waals surface area contributed by atoms with E-state index in [9.17, 15) is 14.0 Å². The number of piperidine rings is 1. The third kappa shape index (κ3) is 3.56. The van der Waals surface area contributed by atoms with Crippen molar-refractivity contribution in [3.05, 3.63) is 34.1 Å². The predicted octanol–water partition coefficient (Wildman–Crippen LogP) is 2.92. The van der Waals surface area contributed by atoms with Gasteiger partial charge in [0.25, 0.3) is 5.91 Å². The summed E-state index contributed by atoms with van der Waals surface area (Å²) in [6.07, 6.45) is 1.55. The van der Waals surface area contributed by atoms with Crippen LogP contribution in [-0.2, 0) is 4.79 Å². The highest BCUT2D eigenvalue weighted by Gasteiger charge is 2.25. The maximum Gasteiger partial charge on any atom is 0.303 e. The molecule has 1 amide bonds. The number of amides is 1. The Kier molecular flexibility index (Phi) is 4.75. The number of benzene rings is 1. The first-order valence-electron chi connectivity index (χ1n) is 6.43. The van der Waals surface area contributed by atoms with Gasteiger partial charge in [0.15, 0.2) is 0 Å². The minimum absolute atomic E-state index is 0.136. The quantitative estimate of drug-likeness (QED) is 0.917. The lowest BCUT2D eigenvalue weighted by Gasteiger charge is -2.31. The van der Waals surface area contributed by atoms with Gasteiger partial charge in [-0.05, 0) is 52.9 Å². The lowest BCUT2D eigenvalue weighted by atomic mass is 9.93. The van der Waals surface area contributed by atoms with Crippen LogP contribution in [0.4, 0.5) is 4.39 Å². The van der Waals surface area contributed by atoms with Crippen molar-refractivity contribution >= 4 is 27.8 Å². The summed E-state index contributed by atoms with van der Waals surface area (Å²) in [6, 6.07) is 4.20. The average molecular weight is 344 g/mol. The number of halogens is 2. The SMILES string of the molecule is O=C(O)CC1CCN(C(=O)c2ccc(F)c(Br)c2)CC1. The van der Waals surface area contributed by atoms with E-state index in [-0.39, 0.29) is 22.7 Å². The number of carboxylic acid groups (broad SMARTS) is 1. The number of carbonyl (C=O) groups is 2. The molecule has 0 aromatic heterocycles. The van der Waals surface area contributed by atoms with E-state index in [1.54, 1.807) is 4.90 Å². The van der Waals surface area contributed by atoms with Crippen LogP contribution in [0.3, 0.4) is 0 Å². The lowest BCUT2D eigenvalue weighted by Crippen LogP contribution is -2.38. The Morgan fingerprint density at radius 3 is 2.55 bits per heavy atom. The molecule has 6 heteroatoms. The fourth-order valence-electron chi connectivity index (χ4n) is 2.40. The van der Waals surface area contributed by atoms with Gasteiger partial charge >= 0.3 is 5.97 Å². The van der Waals surface area contributed by atoms with E-state index in [1.807, 2.05) is 0 Å². The molecule has 1 fully saturated rings. The first kappa shape index (κ1) is 15.0. The largest absolute Gasteiger partial charge is 0.481 e. The minimum atomic E-state index is -0.794. The van der Waals surface area contributed by atoms with Crippen molar-refractivity contribution in [3.63, 3.8) is 0 Å². The fraction of sp³-hybridized carbons (Fsp3) is 0.429. The van der Waals surface area contributed by atoms with Gasteiger partial charge in [0.2, 0.25) is 0 Å². The van der Waals surface area contributed by atoms with Crippen molar-refractivity contribution in [2.24, 2.45) is 5.92 Å². The van der Waals surface area contributed by atoms with Crippen LogP contribution in [0.2, 0.25) is 0 Å². The number of hydrogen-bond acceptors (Lipinski definition) is 2.